The molecule has 2 N–H and O–H groups in total. The lowest BCUT2D eigenvalue weighted by molar-refractivity contribution is -0.121. The van der Waals surface area contributed by atoms with Crippen molar-refractivity contribution in [2.45, 2.75) is 50.5 Å². The number of hydrogen-bond donors (Lipinski definition) is 2. The van der Waals surface area contributed by atoms with E-state index in [1.807, 2.05) is 42.0 Å². The van der Waals surface area contributed by atoms with Crippen LogP contribution >= 0.6 is 0 Å². The Labute approximate surface area is 222 Å². The first kappa shape index (κ1) is 28.5. The average Bonchev–Trinajstić information content (AvgIpc) is 2.92. The summed E-state index contributed by atoms with van der Waals surface area (Å²) in [5.41, 5.74) is 1.94. The van der Waals surface area contributed by atoms with Gasteiger partial charge >= 0.3 is 5.97 Å². The first-order valence-corrected chi connectivity index (χ1v) is 13.8. The molecule has 38 heavy (non-hydrogen) atoms. The van der Waals surface area contributed by atoms with Crippen molar-refractivity contribution in [3.05, 3.63) is 95.3 Å². The molecule has 0 bridgehead atoms. The zero-order valence-electron chi connectivity index (χ0n) is 21.3. The van der Waals surface area contributed by atoms with E-state index in [0.29, 0.717) is 32.2 Å². The molecule has 2 aromatic carbocycles. The number of aryl methyl sites for hydroxylation is 1. The van der Waals surface area contributed by atoms with Gasteiger partial charge in [-0.25, -0.2) is 22.9 Å². The van der Waals surface area contributed by atoms with Crippen molar-refractivity contribution < 1.29 is 27.5 Å². The van der Waals surface area contributed by atoms with E-state index < -0.39 is 21.9 Å². The van der Waals surface area contributed by atoms with Crippen LogP contribution in [0, 0.1) is 0 Å². The Kier molecular flexibility index (Phi) is 10.1. The van der Waals surface area contributed by atoms with Crippen molar-refractivity contribution >= 4 is 27.8 Å². The average molecular weight is 538 g/mol. The van der Waals surface area contributed by atoms with Crippen LogP contribution in [0.3, 0.4) is 0 Å². The highest BCUT2D eigenvalue weighted by Crippen LogP contribution is 2.13. The van der Waals surface area contributed by atoms with Crippen molar-refractivity contribution in [3.8, 4) is 0 Å². The van der Waals surface area contributed by atoms with Gasteiger partial charge in [0.1, 0.15) is 5.69 Å². The molecule has 0 saturated heterocycles. The molecule has 0 radical (unpaired) electrons. The number of nitrogens with zero attached hydrogens (tertiary/aromatic N) is 1. The Morgan fingerprint density at radius 3 is 2.24 bits per heavy atom. The number of rotatable bonds is 12. The Morgan fingerprint density at radius 2 is 1.61 bits per heavy atom. The minimum Gasteiger partial charge on any atom is -0.458 e. The Balaban J connectivity index is 1.48. The van der Waals surface area contributed by atoms with Gasteiger partial charge in [0.25, 0.3) is 15.9 Å². The van der Waals surface area contributed by atoms with Crippen molar-refractivity contribution in [1.82, 2.24) is 15.0 Å². The number of amides is 2. The minimum absolute atomic E-state index is 0.0201. The zero-order valence-corrected chi connectivity index (χ0v) is 22.2. The molecule has 0 fully saturated rings. The molecule has 0 saturated carbocycles. The van der Waals surface area contributed by atoms with Crippen molar-refractivity contribution in [1.29, 1.82) is 0 Å². The molecule has 0 aliphatic rings. The van der Waals surface area contributed by atoms with Gasteiger partial charge in [-0.05, 0) is 61.6 Å². The van der Waals surface area contributed by atoms with Gasteiger partial charge in [0, 0.05) is 19.2 Å². The fourth-order valence-corrected chi connectivity index (χ4v) is 4.36. The number of pyridine rings is 1. The number of carbonyl (C=O) groups is 3. The maximum atomic E-state index is 12.7. The number of sulfonamides is 1. The van der Waals surface area contributed by atoms with Gasteiger partial charge in [-0.3, -0.25) is 9.59 Å². The smallest absolute Gasteiger partial charge is 0.357 e. The van der Waals surface area contributed by atoms with Crippen LogP contribution in [0.2, 0.25) is 0 Å². The predicted molar refractivity (Wildman–Crippen MR) is 142 cm³/mol. The van der Waals surface area contributed by atoms with Crippen molar-refractivity contribution in [2.24, 2.45) is 0 Å². The summed E-state index contributed by atoms with van der Waals surface area (Å²) in [6.45, 7) is 4.05. The number of hydrogen-bond acceptors (Lipinski definition) is 7. The summed E-state index contributed by atoms with van der Waals surface area (Å²) in [5.74, 6) is -1.54. The molecule has 9 nitrogen and oxygen atoms in total. The van der Waals surface area contributed by atoms with Gasteiger partial charge in [-0.2, -0.15) is 0 Å². The van der Waals surface area contributed by atoms with Crippen molar-refractivity contribution in [3.63, 3.8) is 0 Å². The van der Waals surface area contributed by atoms with Gasteiger partial charge in [0.2, 0.25) is 5.91 Å². The molecular formula is C28H31N3O6S. The maximum absolute atomic E-state index is 12.7. The van der Waals surface area contributed by atoms with Crippen molar-refractivity contribution in [2.75, 3.05) is 6.54 Å². The predicted octanol–water partition coefficient (Wildman–Crippen LogP) is 3.45. The molecule has 0 spiro atoms. The fourth-order valence-electron chi connectivity index (χ4n) is 3.39. The zero-order chi connectivity index (χ0) is 27.5. The molecule has 1 unspecified atom stereocenters. The van der Waals surface area contributed by atoms with E-state index in [1.54, 1.807) is 19.1 Å². The maximum Gasteiger partial charge on any atom is 0.357 e. The summed E-state index contributed by atoms with van der Waals surface area (Å²) in [4.78, 5) is 40.4. The lowest BCUT2D eigenvalue weighted by Crippen LogP contribution is -2.30. The molecule has 1 aromatic heterocycles. The van der Waals surface area contributed by atoms with Crippen LogP contribution in [0.4, 0.5) is 0 Å². The number of benzene rings is 2. The lowest BCUT2D eigenvalue weighted by Gasteiger charge is -2.11. The van der Waals surface area contributed by atoms with Gasteiger partial charge in [0.05, 0.1) is 16.6 Å². The first-order chi connectivity index (χ1) is 18.2. The van der Waals surface area contributed by atoms with Gasteiger partial charge < -0.3 is 10.1 Å². The summed E-state index contributed by atoms with van der Waals surface area (Å²) in [5, 5.41) is 2.86. The Bertz CT molecular complexity index is 1340. The van der Waals surface area contributed by atoms with E-state index in [4.69, 9.17) is 4.74 Å². The summed E-state index contributed by atoms with van der Waals surface area (Å²) in [6, 6.07) is 18.4. The fraction of sp³-hybridized carbons (Fsp3) is 0.286. The number of aromatic nitrogens is 1. The molecule has 2 amide bonds. The van der Waals surface area contributed by atoms with E-state index in [9.17, 15) is 22.8 Å². The second-order valence-corrected chi connectivity index (χ2v) is 10.4. The molecule has 0 aliphatic carbocycles. The highest BCUT2D eigenvalue weighted by atomic mass is 32.2. The van der Waals surface area contributed by atoms with Gasteiger partial charge in [0.15, 0.2) is 0 Å². The highest BCUT2D eigenvalue weighted by Gasteiger charge is 2.20. The Morgan fingerprint density at radius 1 is 0.921 bits per heavy atom. The number of carbonyl (C=O) groups excluding carboxylic acids is 3. The summed E-state index contributed by atoms with van der Waals surface area (Å²) < 4.78 is 32.5. The molecule has 3 rings (SSSR count). The monoisotopic (exact) mass is 537 g/mol. The minimum atomic E-state index is -4.13. The second kappa shape index (κ2) is 13.5. The van der Waals surface area contributed by atoms with E-state index in [1.165, 1.54) is 24.3 Å². The molecule has 1 atom stereocenters. The Hall–Kier alpha value is -4.05. The molecule has 3 aromatic rings. The highest BCUT2D eigenvalue weighted by molar-refractivity contribution is 7.90. The van der Waals surface area contributed by atoms with E-state index in [2.05, 4.69) is 10.3 Å². The van der Waals surface area contributed by atoms with E-state index >= 15 is 0 Å². The third kappa shape index (κ3) is 8.52. The second-order valence-electron chi connectivity index (χ2n) is 8.72. The van der Waals surface area contributed by atoms with Gasteiger partial charge in [-0.15, -0.1) is 0 Å². The van der Waals surface area contributed by atoms with Crippen LogP contribution in [-0.4, -0.2) is 43.8 Å². The van der Waals surface area contributed by atoms with Crippen LogP contribution in [-0.2, 0) is 32.4 Å². The third-order valence-electron chi connectivity index (χ3n) is 5.80. The summed E-state index contributed by atoms with van der Waals surface area (Å²) >= 11 is 0. The molecule has 200 valence electrons. The summed E-state index contributed by atoms with van der Waals surface area (Å²) in [6.07, 6.45) is 3.08. The normalized spacial score (nSPS) is 11.8. The van der Waals surface area contributed by atoms with Gasteiger partial charge in [-0.1, -0.05) is 49.4 Å². The quantitative estimate of drug-likeness (QED) is 0.338. The standard InChI is InChI=1S/C28H31N3O6S/c1-3-20(2)37-28(34)25-15-12-23(19-30-25)27(33)31-38(35,36)24-13-9-22(10-14-24)17-18-29-26(32)16-11-21-7-5-4-6-8-21/h4-10,12-15,19-20H,3,11,16-18H2,1-2H3,(H,29,32)(H,31,33). The molecule has 0 aliphatic heterocycles. The number of nitrogens with one attached hydrogen (secondary N) is 2. The van der Waals surface area contributed by atoms with E-state index in [0.717, 1.165) is 17.3 Å². The molecule has 1 heterocycles. The topological polar surface area (TPSA) is 132 Å². The molecule has 10 heteroatoms. The van der Waals surface area contributed by atoms with E-state index in [-0.39, 0.29) is 28.2 Å². The van der Waals surface area contributed by atoms with Crippen LogP contribution < -0.4 is 10.0 Å². The summed E-state index contributed by atoms with van der Waals surface area (Å²) in [7, 11) is -4.13. The third-order valence-corrected chi connectivity index (χ3v) is 7.14. The molecular weight excluding hydrogens is 506 g/mol. The van der Waals surface area contributed by atoms with Crippen LogP contribution in [0.15, 0.2) is 77.8 Å². The van der Waals surface area contributed by atoms with Crippen LogP contribution in [0.25, 0.3) is 0 Å². The SMILES string of the molecule is CCC(C)OC(=O)c1ccc(C(=O)NS(=O)(=O)c2ccc(CCNC(=O)CCc3ccccc3)cc2)cn1. The number of ether oxygens (including phenoxy) is 1. The first-order valence-electron chi connectivity index (χ1n) is 12.3. The lowest BCUT2D eigenvalue weighted by atomic mass is 10.1. The number of esters is 1. The van der Waals surface area contributed by atoms with Crippen LogP contribution in [0.5, 0.6) is 0 Å². The van der Waals surface area contributed by atoms with Crippen LogP contribution in [0.1, 0.15) is 58.7 Å². The largest absolute Gasteiger partial charge is 0.458 e.